The summed E-state index contributed by atoms with van der Waals surface area (Å²) in [5, 5.41) is 5.09. The molecule has 0 aliphatic heterocycles. The third kappa shape index (κ3) is 6.09. The smallest absolute Gasteiger partial charge is 0.243 e. The molecule has 22 heavy (non-hydrogen) atoms. The number of ether oxygens (including phenoxy) is 1. The molecule has 122 valence electrons. The zero-order chi connectivity index (χ0) is 16.5. The monoisotopic (exact) mass is 311 g/mol. The van der Waals surface area contributed by atoms with Crippen LogP contribution in [0.2, 0.25) is 0 Å². The maximum absolute atomic E-state index is 12.0. The van der Waals surface area contributed by atoms with Gasteiger partial charge in [0.05, 0.1) is 12.6 Å². The second-order valence-electron chi connectivity index (χ2n) is 5.10. The first-order chi connectivity index (χ1) is 10.4. The van der Waals surface area contributed by atoms with E-state index in [0.29, 0.717) is 11.4 Å². The summed E-state index contributed by atoms with van der Waals surface area (Å²) in [6.07, 6.45) is 0. The predicted molar refractivity (Wildman–Crippen MR) is 82.4 cm³/mol. The highest BCUT2D eigenvalue weighted by atomic mass is 19.1. The molecule has 1 aromatic rings. The minimum Gasteiger partial charge on any atom is -0.491 e. The van der Waals surface area contributed by atoms with Crippen LogP contribution < -0.4 is 21.1 Å². The van der Waals surface area contributed by atoms with Crippen LogP contribution in [-0.4, -0.2) is 37.7 Å². The zero-order valence-corrected chi connectivity index (χ0v) is 12.8. The average Bonchev–Trinajstić information content (AvgIpc) is 2.50. The van der Waals surface area contributed by atoms with E-state index >= 15 is 0 Å². The molecule has 0 aliphatic rings. The third-order valence-electron chi connectivity index (χ3n) is 2.91. The van der Waals surface area contributed by atoms with E-state index in [9.17, 15) is 14.0 Å². The second-order valence-corrected chi connectivity index (χ2v) is 5.10. The Morgan fingerprint density at radius 2 is 2.09 bits per heavy atom. The molecule has 0 bridgehead atoms. The topological polar surface area (TPSA) is 93.5 Å². The van der Waals surface area contributed by atoms with Crippen molar-refractivity contribution in [3.05, 3.63) is 24.3 Å². The summed E-state index contributed by atoms with van der Waals surface area (Å²) in [6, 6.07) is 5.94. The molecule has 0 saturated carbocycles. The number of anilines is 1. The Morgan fingerprint density at radius 3 is 2.73 bits per heavy atom. The van der Waals surface area contributed by atoms with Crippen LogP contribution >= 0.6 is 0 Å². The Balaban J connectivity index is 2.46. The number of benzene rings is 1. The van der Waals surface area contributed by atoms with Gasteiger partial charge in [-0.2, -0.15) is 0 Å². The Kier molecular flexibility index (Phi) is 7.31. The molecule has 0 heterocycles. The van der Waals surface area contributed by atoms with Crippen molar-refractivity contribution in [1.82, 2.24) is 5.32 Å². The van der Waals surface area contributed by atoms with Crippen LogP contribution in [0.3, 0.4) is 0 Å². The van der Waals surface area contributed by atoms with Gasteiger partial charge in [0.1, 0.15) is 19.0 Å². The van der Waals surface area contributed by atoms with E-state index in [-0.39, 0.29) is 30.9 Å². The second kappa shape index (κ2) is 8.99. The predicted octanol–water partition coefficient (Wildman–Crippen LogP) is 1.07. The molecule has 4 N–H and O–H groups in total. The van der Waals surface area contributed by atoms with Crippen molar-refractivity contribution < 1.29 is 18.7 Å². The van der Waals surface area contributed by atoms with Gasteiger partial charge in [0.15, 0.2) is 0 Å². The summed E-state index contributed by atoms with van der Waals surface area (Å²) < 4.78 is 17.2. The van der Waals surface area contributed by atoms with Crippen molar-refractivity contribution in [3.8, 4) is 5.75 Å². The number of amides is 2. The van der Waals surface area contributed by atoms with Crippen LogP contribution in [0.1, 0.15) is 13.8 Å². The molecular weight excluding hydrogens is 289 g/mol. The van der Waals surface area contributed by atoms with Crippen molar-refractivity contribution in [2.24, 2.45) is 11.7 Å². The van der Waals surface area contributed by atoms with Crippen LogP contribution in [0.15, 0.2) is 24.3 Å². The van der Waals surface area contributed by atoms with Gasteiger partial charge in [-0.05, 0) is 18.1 Å². The SMILES string of the molecule is CC(C)[C@H](N)C(=O)NCC(=O)Nc1cccc(OCCF)c1. The van der Waals surface area contributed by atoms with Crippen molar-refractivity contribution in [2.75, 3.05) is 25.1 Å². The number of alkyl halides is 1. The average molecular weight is 311 g/mol. The van der Waals surface area contributed by atoms with E-state index in [0.717, 1.165) is 0 Å². The molecule has 0 aliphatic carbocycles. The van der Waals surface area contributed by atoms with E-state index < -0.39 is 12.7 Å². The van der Waals surface area contributed by atoms with Gasteiger partial charge in [0.25, 0.3) is 0 Å². The summed E-state index contributed by atoms with van der Waals surface area (Å²) in [6.45, 7) is 2.86. The lowest BCUT2D eigenvalue weighted by molar-refractivity contribution is -0.125. The van der Waals surface area contributed by atoms with Gasteiger partial charge < -0.3 is 21.1 Å². The molecule has 0 saturated heterocycles. The quantitative estimate of drug-likeness (QED) is 0.669. The van der Waals surface area contributed by atoms with Crippen LogP contribution in [0.5, 0.6) is 5.75 Å². The van der Waals surface area contributed by atoms with Crippen LogP contribution in [0.4, 0.5) is 10.1 Å². The molecule has 0 unspecified atom stereocenters. The number of rotatable bonds is 8. The lowest BCUT2D eigenvalue weighted by Crippen LogP contribution is -2.46. The van der Waals surface area contributed by atoms with Crippen molar-refractivity contribution >= 4 is 17.5 Å². The summed E-state index contributed by atoms with van der Waals surface area (Å²) in [5.41, 5.74) is 6.18. The van der Waals surface area contributed by atoms with E-state index in [1.807, 2.05) is 13.8 Å². The van der Waals surface area contributed by atoms with Gasteiger partial charge in [-0.3, -0.25) is 9.59 Å². The van der Waals surface area contributed by atoms with Crippen LogP contribution in [0, 0.1) is 5.92 Å². The summed E-state index contributed by atoms with van der Waals surface area (Å²) >= 11 is 0. The first-order valence-corrected chi connectivity index (χ1v) is 7.06. The van der Waals surface area contributed by atoms with Gasteiger partial charge in [0.2, 0.25) is 11.8 Å². The number of carbonyl (C=O) groups is 2. The third-order valence-corrected chi connectivity index (χ3v) is 2.91. The fourth-order valence-electron chi connectivity index (χ4n) is 1.61. The molecule has 6 nitrogen and oxygen atoms in total. The standard InChI is InChI=1S/C15H22FN3O3/c1-10(2)14(17)15(21)18-9-13(20)19-11-4-3-5-12(8-11)22-7-6-16/h3-5,8,10,14H,6-7,9,17H2,1-2H3,(H,18,21)(H,19,20)/t14-/m0/s1. The highest BCUT2D eigenvalue weighted by Crippen LogP contribution is 2.17. The van der Waals surface area contributed by atoms with Gasteiger partial charge in [-0.1, -0.05) is 19.9 Å². The Hall–Kier alpha value is -2.15. The molecule has 0 fully saturated rings. The molecule has 2 amide bonds. The number of carbonyl (C=O) groups excluding carboxylic acids is 2. The maximum atomic E-state index is 12.0. The lowest BCUT2D eigenvalue weighted by Gasteiger charge is -2.15. The van der Waals surface area contributed by atoms with Gasteiger partial charge >= 0.3 is 0 Å². The molecule has 0 aromatic heterocycles. The summed E-state index contributed by atoms with van der Waals surface area (Å²) in [4.78, 5) is 23.4. The summed E-state index contributed by atoms with van der Waals surface area (Å²) in [7, 11) is 0. The van der Waals surface area contributed by atoms with E-state index in [2.05, 4.69) is 10.6 Å². The van der Waals surface area contributed by atoms with Gasteiger partial charge in [-0.25, -0.2) is 4.39 Å². The highest BCUT2D eigenvalue weighted by Gasteiger charge is 2.17. The van der Waals surface area contributed by atoms with Crippen molar-refractivity contribution in [1.29, 1.82) is 0 Å². The number of nitrogens with two attached hydrogens (primary N) is 1. The van der Waals surface area contributed by atoms with Gasteiger partial charge in [-0.15, -0.1) is 0 Å². The van der Waals surface area contributed by atoms with Gasteiger partial charge in [0, 0.05) is 11.8 Å². The molecule has 0 spiro atoms. The van der Waals surface area contributed by atoms with E-state index in [1.165, 1.54) is 0 Å². The Morgan fingerprint density at radius 1 is 1.36 bits per heavy atom. The number of nitrogens with one attached hydrogen (secondary N) is 2. The van der Waals surface area contributed by atoms with Crippen LogP contribution in [0.25, 0.3) is 0 Å². The Labute approximate surface area is 129 Å². The fraction of sp³-hybridized carbons (Fsp3) is 0.467. The lowest BCUT2D eigenvalue weighted by atomic mass is 10.1. The Bertz CT molecular complexity index is 509. The van der Waals surface area contributed by atoms with E-state index in [4.69, 9.17) is 10.5 Å². The highest BCUT2D eigenvalue weighted by molar-refractivity contribution is 5.95. The maximum Gasteiger partial charge on any atom is 0.243 e. The molecule has 1 atom stereocenters. The number of hydrogen-bond acceptors (Lipinski definition) is 4. The largest absolute Gasteiger partial charge is 0.491 e. The molecule has 7 heteroatoms. The first-order valence-electron chi connectivity index (χ1n) is 7.06. The van der Waals surface area contributed by atoms with Crippen molar-refractivity contribution in [3.63, 3.8) is 0 Å². The molecule has 0 radical (unpaired) electrons. The minimum absolute atomic E-state index is 0.00704. The van der Waals surface area contributed by atoms with Crippen molar-refractivity contribution in [2.45, 2.75) is 19.9 Å². The fourth-order valence-corrected chi connectivity index (χ4v) is 1.61. The summed E-state index contributed by atoms with van der Waals surface area (Å²) in [5.74, 6) is -0.300. The molecule has 1 rings (SSSR count). The first kappa shape index (κ1) is 17.9. The molecule has 1 aromatic carbocycles. The zero-order valence-electron chi connectivity index (χ0n) is 12.8. The van der Waals surface area contributed by atoms with Crippen LogP contribution in [-0.2, 0) is 9.59 Å². The minimum atomic E-state index is -0.648. The molecular formula is C15H22FN3O3. The van der Waals surface area contributed by atoms with E-state index in [1.54, 1.807) is 24.3 Å². The number of hydrogen-bond donors (Lipinski definition) is 3. The normalized spacial score (nSPS) is 11.9. The number of halogens is 1.